The average molecular weight is 315 g/mol. The topological polar surface area (TPSA) is 35.6 Å². The van der Waals surface area contributed by atoms with Gasteiger partial charge in [0.15, 0.2) is 0 Å². The molecule has 1 amide bonds. The molecule has 0 saturated carbocycles. The van der Waals surface area contributed by atoms with Crippen molar-refractivity contribution in [2.75, 3.05) is 26.7 Å². The molecular formula is C19H29N3O. The molecule has 1 N–H and O–H groups in total. The summed E-state index contributed by atoms with van der Waals surface area (Å²) >= 11 is 0. The molecule has 0 aromatic heterocycles. The standard InChI is InChI=1S/C19H29N3O/c1-20-17-10-13-21(14-11-17)19(23)18-9-5-6-12-22(18)15-16-7-3-2-4-8-16/h2-4,7-8,17-18,20H,5-6,9-15H2,1H3. The number of nitrogens with one attached hydrogen (secondary N) is 1. The number of nitrogens with zero attached hydrogens (tertiary/aromatic N) is 2. The van der Waals surface area contributed by atoms with Crippen molar-refractivity contribution in [3.8, 4) is 0 Å². The number of likely N-dealkylation sites (tertiary alicyclic amines) is 2. The molecule has 2 aliphatic heterocycles. The third-order valence-electron chi connectivity index (χ3n) is 5.34. The Morgan fingerprint density at radius 1 is 1.09 bits per heavy atom. The summed E-state index contributed by atoms with van der Waals surface area (Å²) in [6.45, 7) is 3.74. The van der Waals surface area contributed by atoms with E-state index in [-0.39, 0.29) is 6.04 Å². The fourth-order valence-corrected chi connectivity index (χ4v) is 3.88. The van der Waals surface area contributed by atoms with Gasteiger partial charge >= 0.3 is 0 Å². The van der Waals surface area contributed by atoms with Crippen molar-refractivity contribution >= 4 is 5.91 Å². The van der Waals surface area contributed by atoms with Gasteiger partial charge < -0.3 is 10.2 Å². The van der Waals surface area contributed by atoms with Crippen molar-refractivity contribution in [3.05, 3.63) is 35.9 Å². The molecule has 2 saturated heterocycles. The molecule has 2 fully saturated rings. The molecule has 3 rings (SSSR count). The van der Waals surface area contributed by atoms with Gasteiger partial charge in [0.25, 0.3) is 0 Å². The zero-order valence-electron chi connectivity index (χ0n) is 14.2. The number of piperidine rings is 2. The predicted molar refractivity (Wildman–Crippen MR) is 93.2 cm³/mol. The second kappa shape index (κ2) is 7.93. The fraction of sp³-hybridized carbons (Fsp3) is 0.632. The van der Waals surface area contributed by atoms with Crippen LogP contribution in [0, 0.1) is 0 Å². The van der Waals surface area contributed by atoms with E-state index in [0.29, 0.717) is 11.9 Å². The molecule has 2 heterocycles. The van der Waals surface area contributed by atoms with Gasteiger partial charge in [-0.25, -0.2) is 0 Å². The minimum atomic E-state index is 0.0788. The molecule has 1 atom stereocenters. The molecule has 1 aromatic carbocycles. The van der Waals surface area contributed by atoms with Crippen LogP contribution >= 0.6 is 0 Å². The maximum absolute atomic E-state index is 13.0. The largest absolute Gasteiger partial charge is 0.341 e. The highest BCUT2D eigenvalue weighted by Gasteiger charge is 2.33. The van der Waals surface area contributed by atoms with E-state index in [2.05, 4.69) is 39.4 Å². The highest BCUT2D eigenvalue weighted by atomic mass is 16.2. The molecule has 1 aromatic rings. The molecule has 4 heteroatoms. The third-order valence-corrected chi connectivity index (χ3v) is 5.34. The summed E-state index contributed by atoms with van der Waals surface area (Å²) in [6.07, 6.45) is 5.55. The van der Waals surface area contributed by atoms with Gasteiger partial charge in [-0.3, -0.25) is 9.69 Å². The summed E-state index contributed by atoms with van der Waals surface area (Å²) in [4.78, 5) is 17.5. The fourth-order valence-electron chi connectivity index (χ4n) is 3.88. The van der Waals surface area contributed by atoms with E-state index in [1.54, 1.807) is 0 Å². The number of rotatable bonds is 4. The molecule has 0 aliphatic carbocycles. The second-order valence-corrected chi connectivity index (χ2v) is 6.86. The monoisotopic (exact) mass is 315 g/mol. The Morgan fingerprint density at radius 3 is 2.52 bits per heavy atom. The van der Waals surface area contributed by atoms with Crippen molar-refractivity contribution in [2.45, 2.75) is 50.7 Å². The summed E-state index contributed by atoms with van der Waals surface area (Å²) in [5.41, 5.74) is 1.31. The minimum absolute atomic E-state index is 0.0788. The van der Waals surface area contributed by atoms with Crippen LogP contribution in [0.25, 0.3) is 0 Å². The normalized spacial score (nSPS) is 23.9. The summed E-state index contributed by atoms with van der Waals surface area (Å²) < 4.78 is 0. The van der Waals surface area contributed by atoms with Gasteiger partial charge in [0, 0.05) is 25.7 Å². The van der Waals surface area contributed by atoms with Gasteiger partial charge in [-0.1, -0.05) is 36.8 Å². The highest BCUT2D eigenvalue weighted by molar-refractivity contribution is 5.82. The highest BCUT2D eigenvalue weighted by Crippen LogP contribution is 2.23. The van der Waals surface area contributed by atoms with E-state index in [1.807, 2.05) is 13.1 Å². The van der Waals surface area contributed by atoms with Crippen LogP contribution in [0.15, 0.2) is 30.3 Å². The van der Waals surface area contributed by atoms with Gasteiger partial charge in [-0.2, -0.15) is 0 Å². The van der Waals surface area contributed by atoms with Crippen molar-refractivity contribution in [1.82, 2.24) is 15.1 Å². The SMILES string of the molecule is CNC1CCN(C(=O)C2CCCCN2Cc2ccccc2)CC1. The van der Waals surface area contributed by atoms with E-state index in [4.69, 9.17) is 0 Å². The molecule has 0 radical (unpaired) electrons. The summed E-state index contributed by atoms with van der Waals surface area (Å²) in [7, 11) is 2.02. The average Bonchev–Trinajstić information content (AvgIpc) is 2.62. The first kappa shape index (κ1) is 16.5. The van der Waals surface area contributed by atoms with Crippen LogP contribution in [-0.4, -0.2) is 54.5 Å². The molecule has 1 unspecified atom stereocenters. The summed E-state index contributed by atoms with van der Waals surface area (Å²) in [5, 5.41) is 3.34. The number of carbonyl (C=O) groups excluding carboxylic acids is 1. The number of carbonyl (C=O) groups is 1. The smallest absolute Gasteiger partial charge is 0.239 e. The lowest BCUT2D eigenvalue weighted by atomic mass is 9.98. The van der Waals surface area contributed by atoms with E-state index < -0.39 is 0 Å². The lowest BCUT2D eigenvalue weighted by Crippen LogP contribution is -2.53. The van der Waals surface area contributed by atoms with E-state index in [1.165, 1.54) is 18.4 Å². The first-order valence-electron chi connectivity index (χ1n) is 9.02. The molecule has 4 nitrogen and oxygen atoms in total. The Morgan fingerprint density at radius 2 is 1.83 bits per heavy atom. The van der Waals surface area contributed by atoms with Gasteiger partial charge in [-0.05, 0) is 44.8 Å². The summed E-state index contributed by atoms with van der Waals surface area (Å²) in [5.74, 6) is 0.357. The second-order valence-electron chi connectivity index (χ2n) is 6.86. The van der Waals surface area contributed by atoms with Crippen LogP contribution in [0.1, 0.15) is 37.7 Å². The van der Waals surface area contributed by atoms with Gasteiger partial charge in [-0.15, -0.1) is 0 Å². The van der Waals surface area contributed by atoms with Gasteiger partial charge in [0.2, 0.25) is 5.91 Å². The van der Waals surface area contributed by atoms with Crippen LogP contribution in [0.3, 0.4) is 0 Å². The molecule has 0 bridgehead atoms. The predicted octanol–water partition coefficient (Wildman–Crippen LogP) is 2.25. The Bertz CT molecular complexity index is 497. The maximum Gasteiger partial charge on any atom is 0.239 e. The molecule has 23 heavy (non-hydrogen) atoms. The number of amides is 1. The lowest BCUT2D eigenvalue weighted by molar-refractivity contribution is -0.139. The lowest BCUT2D eigenvalue weighted by Gasteiger charge is -2.40. The van der Waals surface area contributed by atoms with E-state index in [0.717, 1.165) is 45.4 Å². The minimum Gasteiger partial charge on any atom is -0.341 e. The Hall–Kier alpha value is -1.39. The van der Waals surface area contributed by atoms with Crippen molar-refractivity contribution < 1.29 is 4.79 Å². The first-order valence-corrected chi connectivity index (χ1v) is 9.02. The molecule has 126 valence electrons. The maximum atomic E-state index is 13.0. The van der Waals surface area contributed by atoms with E-state index in [9.17, 15) is 4.79 Å². The van der Waals surface area contributed by atoms with Gasteiger partial charge in [0.1, 0.15) is 0 Å². The van der Waals surface area contributed by atoms with Crippen molar-refractivity contribution in [3.63, 3.8) is 0 Å². The molecule has 0 spiro atoms. The van der Waals surface area contributed by atoms with Crippen molar-refractivity contribution in [1.29, 1.82) is 0 Å². The first-order chi connectivity index (χ1) is 11.3. The number of hydrogen-bond donors (Lipinski definition) is 1. The van der Waals surface area contributed by atoms with Crippen LogP contribution in [0.4, 0.5) is 0 Å². The third kappa shape index (κ3) is 4.12. The zero-order valence-corrected chi connectivity index (χ0v) is 14.2. The van der Waals surface area contributed by atoms with Gasteiger partial charge in [0.05, 0.1) is 6.04 Å². The van der Waals surface area contributed by atoms with Crippen LogP contribution in [-0.2, 0) is 11.3 Å². The van der Waals surface area contributed by atoms with Crippen molar-refractivity contribution in [2.24, 2.45) is 0 Å². The summed E-state index contributed by atoms with van der Waals surface area (Å²) in [6, 6.07) is 11.2. The Balaban J connectivity index is 1.63. The van der Waals surface area contributed by atoms with Crippen LogP contribution in [0.5, 0.6) is 0 Å². The molecule has 2 aliphatic rings. The Labute approximate surface area is 139 Å². The molecular weight excluding hydrogens is 286 g/mol. The zero-order chi connectivity index (χ0) is 16.1. The van der Waals surface area contributed by atoms with E-state index >= 15 is 0 Å². The van der Waals surface area contributed by atoms with Crippen LogP contribution < -0.4 is 5.32 Å². The number of benzene rings is 1. The number of hydrogen-bond acceptors (Lipinski definition) is 3. The quantitative estimate of drug-likeness (QED) is 0.926. The Kier molecular flexibility index (Phi) is 5.68. The van der Waals surface area contributed by atoms with Crippen LogP contribution in [0.2, 0.25) is 0 Å².